The minimum absolute atomic E-state index is 0.341. The fourth-order valence-electron chi connectivity index (χ4n) is 5.16. The van der Waals surface area contributed by atoms with E-state index >= 15 is 0 Å². The summed E-state index contributed by atoms with van der Waals surface area (Å²) in [5.41, 5.74) is -0.461. The number of imide groups is 1. The third-order valence-corrected chi connectivity index (χ3v) is 7.51. The van der Waals surface area contributed by atoms with E-state index in [0.29, 0.717) is 23.6 Å². The number of carbonyl (C=O) groups is 3. The Balaban J connectivity index is 1.66. The predicted molar refractivity (Wildman–Crippen MR) is 127 cm³/mol. The summed E-state index contributed by atoms with van der Waals surface area (Å²) < 4.78 is 10.7. The second-order valence-electron chi connectivity index (χ2n) is 8.25. The summed E-state index contributed by atoms with van der Waals surface area (Å²) in [5, 5.41) is 5.30. The molecule has 5 rings (SSSR count). The van der Waals surface area contributed by atoms with E-state index in [0.717, 1.165) is 4.88 Å². The summed E-state index contributed by atoms with van der Waals surface area (Å²) in [4.78, 5) is 43.3. The number of nitrogens with zero attached hydrogens (tertiary/aromatic N) is 1. The van der Waals surface area contributed by atoms with Gasteiger partial charge >= 0.3 is 5.97 Å². The number of nitrogens with one attached hydrogen (secondary N) is 1. The highest BCUT2D eigenvalue weighted by Crippen LogP contribution is 2.54. The van der Waals surface area contributed by atoms with Crippen LogP contribution in [0.2, 0.25) is 0 Å². The van der Waals surface area contributed by atoms with Gasteiger partial charge in [-0.05, 0) is 48.2 Å². The van der Waals surface area contributed by atoms with E-state index < -0.39 is 35.3 Å². The Hall–Kier alpha value is -3.49. The lowest BCUT2D eigenvalue weighted by atomic mass is 9.75. The Kier molecular flexibility index (Phi) is 5.71. The molecule has 0 bridgehead atoms. The van der Waals surface area contributed by atoms with Crippen LogP contribution in [0.15, 0.2) is 72.1 Å². The first-order valence-electron chi connectivity index (χ1n) is 11.1. The van der Waals surface area contributed by atoms with Crippen LogP contribution in [0.1, 0.15) is 23.4 Å². The van der Waals surface area contributed by atoms with E-state index in [-0.39, 0.29) is 5.91 Å². The number of benzene rings is 2. The van der Waals surface area contributed by atoms with Gasteiger partial charge in [-0.25, -0.2) is 9.69 Å². The number of ether oxygens (including phenoxy) is 2. The number of anilines is 1. The fourth-order valence-corrected chi connectivity index (χ4v) is 5.99. The average molecular weight is 477 g/mol. The van der Waals surface area contributed by atoms with Crippen LogP contribution >= 0.6 is 11.3 Å². The van der Waals surface area contributed by atoms with Crippen LogP contribution in [-0.2, 0) is 24.7 Å². The number of rotatable bonds is 6. The normalized spacial score (nSPS) is 25.9. The van der Waals surface area contributed by atoms with Gasteiger partial charge in [-0.3, -0.25) is 14.9 Å². The molecule has 2 aliphatic heterocycles. The molecule has 3 aromatic rings. The molecule has 0 saturated carbocycles. The zero-order valence-corrected chi connectivity index (χ0v) is 19.6. The number of thiophene rings is 1. The van der Waals surface area contributed by atoms with Crippen molar-refractivity contribution >= 4 is 34.8 Å². The molecule has 0 radical (unpaired) electrons. The molecule has 2 saturated heterocycles. The molecule has 174 valence electrons. The van der Waals surface area contributed by atoms with Gasteiger partial charge in [0.1, 0.15) is 5.75 Å². The highest BCUT2D eigenvalue weighted by atomic mass is 32.1. The third kappa shape index (κ3) is 3.25. The van der Waals surface area contributed by atoms with Crippen molar-refractivity contribution in [2.45, 2.75) is 18.5 Å². The molecule has 1 N–H and O–H groups in total. The number of hydrogen-bond donors (Lipinski definition) is 1. The molecule has 7 nitrogen and oxygen atoms in total. The number of amides is 2. The number of methoxy groups -OCH3 is 1. The van der Waals surface area contributed by atoms with Gasteiger partial charge in [-0.1, -0.05) is 36.4 Å². The monoisotopic (exact) mass is 476 g/mol. The van der Waals surface area contributed by atoms with Crippen LogP contribution < -0.4 is 15.0 Å². The Morgan fingerprint density at radius 1 is 1.03 bits per heavy atom. The summed E-state index contributed by atoms with van der Waals surface area (Å²) >= 11 is 1.48. The van der Waals surface area contributed by atoms with E-state index in [1.165, 1.54) is 23.3 Å². The number of esters is 1. The lowest BCUT2D eigenvalue weighted by molar-refractivity contribution is -0.152. The fraction of sp³-hybridized carbons (Fsp3) is 0.269. The molecule has 0 spiro atoms. The molecule has 2 amide bonds. The summed E-state index contributed by atoms with van der Waals surface area (Å²) in [5.74, 6) is -2.45. The molecule has 2 fully saturated rings. The largest absolute Gasteiger partial charge is 0.494 e. The van der Waals surface area contributed by atoms with Crippen LogP contribution in [0.4, 0.5) is 5.69 Å². The lowest BCUT2D eigenvalue weighted by Crippen LogP contribution is -2.53. The van der Waals surface area contributed by atoms with Gasteiger partial charge in [0, 0.05) is 4.88 Å². The summed E-state index contributed by atoms with van der Waals surface area (Å²) in [6.07, 6.45) is 0. The quantitative estimate of drug-likeness (QED) is 0.432. The molecular weight excluding hydrogens is 452 g/mol. The first-order chi connectivity index (χ1) is 16.5. The van der Waals surface area contributed by atoms with Crippen molar-refractivity contribution in [3.63, 3.8) is 0 Å². The van der Waals surface area contributed by atoms with Gasteiger partial charge in [0.2, 0.25) is 11.8 Å². The van der Waals surface area contributed by atoms with Crippen molar-refractivity contribution < 1.29 is 23.9 Å². The summed E-state index contributed by atoms with van der Waals surface area (Å²) in [6.45, 7) is 2.40. The first kappa shape index (κ1) is 22.3. The van der Waals surface area contributed by atoms with E-state index in [9.17, 15) is 14.4 Å². The average Bonchev–Trinajstić information content (AvgIpc) is 3.57. The maximum atomic E-state index is 14.0. The van der Waals surface area contributed by atoms with E-state index in [1.54, 1.807) is 48.5 Å². The second-order valence-corrected chi connectivity index (χ2v) is 9.22. The molecule has 34 heavy (non-hydrogen) atoms. The van der Waals surface area contributed by atoms with Crippen LogP contribution in [0.25, 0.3) is 0 Å². The SMILES string of the molecule is CCOc1ccc(N2C(=O)[C@@H]3[C@@H](c4cccs4)N[C@](C(=O)OC)(c4ccccc4)[C@@H]3C2=O)cc1. The Morgan fingerprint density at radius 2 is 1.76 bits per heavy atom. The summed E-state index contributed by atoms with van der Waals surface area (Å²) in [6, 6.07) is 19.2. The van der Waals surface area contributed by atoms with Gasteiger partial charge in [-0.2, -0.15) is 0 Å². The van der Waals surface area contributed by atoms with Crippen molar-refractivity contribution in [2.24, 2.45) is 11.8 Å². The molecular formula is C26H24N2O5S. The van der Waals surface area contributed by atoms with Gasteiger partial charge in [-0.15, -0.1) is 11.3 Å². The van der Waals surface area contributed by atoms with Crippen molar-refractivity contribution in [1.82, 2.24) is 5.32 Å². The van der Waals surface area contributed by atoms with Crippen molar-refractivity contribution in [2.75, 3.05) is 18.6 Å². The predicted octanol–water partition coefficient (Wildman–Crippen LogP) is 3.67. The molecule has 0 unspecified atom stereocenters. The maximum absolute atomic E-state index is 14.0. The zero-order chi connectivity index (χ0) is 23.9. The third-order valence-electron chi connectivity index (χ3n) is 6.55. The Morgan fingerprint density at radius 3 is 2.38 bits per heavy atom. The van der Waals surface area contributed by atoms with Crippen molar-refractivity contribution in [3.05, 3.63) is 82.6 Å². The van der Waals surface area contributed by atoms with Crippen LogP contribution in [0, 0.1) is 11.8 Å². The number of carbonyl (C=O) groups excluding carboxylic acids is 3. The molecule has 8 heteroatoms. The highest BCUT2D eigenvalue weighted by molar-refractivity contribution is 7.10. The molecule has 0 aliphatic carbocycles. The maximum Gasteiger partial charge on any atom is 0.331 e. The van der Waals surface area contributed by atoms with E-state index in [4.69, 9.17) is 9.47 Å². The Bertz CT molecular complexity index is 1210. The molecule has 2 aromatic carbocycles. The Labute approximate surface area is 201 Å². The molecule has 4 atom stereocenters. The second kappa shape index (κ2) is 8.70. The van der Waals surface area contributed by atoms with Crippen LogP contribution in [0.3, 0.4) is 0 Å². The van der Waals surface area contributed by atoms with Crippen LogP contribution in [-0.4, -0.2) is 31.5 Å². The van der Waals surface area contributed by atoms with Crippen LogP contribution in [0.5, 0.6) is 5.75 Å². The molecule has 3 heterocycles. The minimum Gasteiger partial charge on any atom is -0.494 e. The van der Waals surface area contributed by atoms with Gasteiger partial charge in [0.05, 0.1) is 37.3 Å². The summed E-state index contributed by atoms with van der Waals surface area (Å²) in [7, 11) is 1.30. The molecule has 1 aromatic heterocycles. The topological polar surface area (TPSA) is 84.9 Å². The lowest BCUT2D eigenvalue weighted by Gasteiger charge is -2.32. The molecule has 2 aliphatic rings. The van der Waals surface area contributed by atoms with Gasteiger partial charge in [0.15, 0.2) is 5.54 Å². The number of fused-ring (bicyclic) bond motifs is 1. The minimum atomic E-state index is -1.50. The van der Waals surface area contributed by atoms with Gasteiger partial charge < -0.3 is 9.47 Å². The smallest absolute Gasteiger partial charge is 0.331 e. The van der Waals surface area contributed by atoms with Gasteiger partial charge in [0.25, 0.3) is 0 Å². The highest BCUT2D eigenvalue weighted by Gasteiger charge is 2.69. The zero-order valence-electron chi connectivity index (χ0n) is 18.8. The number of hydrogen-bond acceptors (Lipinski definition) is 7. The van der Waals surface area contributed by atoms with E-state index in [1.807, 2.05) is 30.5 Å². The standard InChI is InChI=1S/C26H24N2O5S/c1-3-33-18-13-11-17(12-14-18)28-23(29)20-21(24(28)30)26(25(31)32-2,16-8-5-4-6-9-16)27-22(20)19-10-7-15-34-19/h4-15,20-22,27H,3H2,1-2H3/t20-,21-,22+,26+/m0/s1. The first-order valence-corrected chi connectivity index (χ1v) is 12.0. The van der Waals surface area contributed by atoms with Crippen molar-refractivity contribution in [3.8, 4) is 5.75 Å². The van der Waals surface area contributed by atoms with Crippen molar-refractivity contribution in [1.29, 1.82) is 0 Å². The van der Waals surface area contributed by atoms with E-state index in [2.05, 4.69) is 5.32 Å².